The zero-order valence-corrected chi connectivity index (χ0v) is 15.1. The number of rotatable bonds is 7. The van der Waals surface area contributed by atoms with Crippen molar-refractivity contribution in [1.82, 2.24) is 15.6 Å². The SMILES string of the molecule is Cc1ccc(OCc2nc(C)c(C(=O)NCC(=O)NC3CC3)s2)cc1. The molecule has 1 aromatic carbocycles. The third-order valence-electron chi connectivity index (χ3n) is 3.78. The largest absolute Gasteiger partial charge is 0.486 e. The van der Waals surface area contributed by atoms with Gasteiger partial charge in [0.2, 0.25) is 5.91 Å². The number of hydrogen-bond donors (Lipinski definition) is 2. The number of amides is 2. The minimum atomic E-state index is -0.275. The van der Waals surface area contributed by atoms with Gasteiger partial charge in [-0.3, -0.25) is 9.59 Å². The number of thiazole rings is 1. The molecule has 2 aromatic rings. The molecule has 1 fully saturated rings. The van der Waals surface area contributed by atoms with Gasteiger partial charge in [-0.25, -0.2) is 4.98 Å². The Bertz CT molecular complexity index is 766. The molecule has 0 unspecified atom stereocenters. The van der Waals surface area contributed by atoms with Crippen LogP contribution in [-0.2, 0) is 11.4 Å². The molecule has 1 aliphatic rings. The van der Waals surface area contributed by atoms with Crippen LogP contribution >= 0.6 is 11.3 Å². The third-order valence-corrected chi connectivity index (χ3v) is 4.91. The number of carbonyl (C=O) groups is 2. The third kappa shape index (κ3) is 5.03. The van der Waals surface area contributed by atoms with E-state index in [9.17, 15) is 9.59 Å². The minimum Gasteiger partial charge on any atom is -0.486 e. The first-order chi connectivity index (χ1) is 12.0. The smallest absolute Gasteiger partial charge is 0.263 e. The number of nitrogens with zero attached hydrogens (tertiary/aromatic N) is 1. The van der Waals surface area contributed by atoms with E-state index >= 15 is 0 Å². The zero-order valence-electron chi connectivity index (χ0n) is 14.3. The average molecular weight is 359 g/mol. The summed E-state index contributed by atoms with van der Waals surface area (Å²) in [7, 11) is 0. The van der Waals surface area contributed by atoms with Gasteiger partial charge in [0, 0.05) is 6.04 Å². The van der Waals surface area contributed by atoms with Gasteiger partial charge in [0.15, 0.2) is 0 Å². The van der Waals surface area contributed by atoms with Gasteiger partial charge < -0.3 is 15.4 Å². The van der Waals surface area contributed by atoms with E-state index in [0.717, 1.165) is 23.6 Å². The van der Waals surface area contributed by atoms with Crippen LogP contribution in [0, 0.1) is 13.8 Å². The molecule has 0 radical (unpaired) electrons. The summed E-state index contributed by atoms with van der Waals surface area (Å²) in [6.07, 6.45) is 2.05. The summed E-state index contributed by atoms with van der Waals surface area (Å²) < 4.78 is 5.70. The highest BCUT2D eigenvalue weighted by molar-refractivity contribution is 7.13. The maximum Gasteiger partial charge on any atom is 0.263 e. The van der Waals surface area contributed by atoms with Crippen molar-refractivity contribution in [1.29, 1.82) is 0 Å². The van der Waals surface area contributed by atoms with E-state index in [0.29, 0.717) is 23.2 Å². The van der Waals surface area contributed by atoms with Crippen molar-refractivity contribution in [2.75, 3.05) is 6.54 Å². The topological polar surface area (TPSA) is 80.3 Å². The van der Waals surface area contributed by atoms with Gasteiger partial charge in [-0.1, -0.05) is 17.7 Å². The Morgan fingerprint density at radius 2 is 1.96 bits per heavy atom. The standard InChI is InChI=1S/C18H21N3O3S/c1-11-3-7-14(8-4-11)24-10-16-20-12(2)17(25-16)18(23)19-9-15(22)21-13-5-6-13/h3-4,7-8,13H,5-6,9-10H2,1-2H3,(H,19,23)(H,21,22). The second-order valence-electron chi connectivity index (χ2n) is 6.15. The Kier molecular flexibility index (Phi) is 5.33. The molecule has 1 heterocycles. The molecule has 7 heteroatoms. The summed E-state index contributed by atoms with van der Waals surface area (Å²) in [6.45, 7) is 4.10. The van der Waals surface area contributed by atoms with Crippen LogP contribution in [0.5, 0.6) is 5.75 Å². The molecule has 132 valence electrons. The molecule has 3 rings (SSSR count). The lowest BCUT2D eigenvalue weighted by molar-refractivity contribution is -0.120. The molecule has 1 aromatic heterocycles. The van der Waals surface area contributed by atoms with Crippen LogP contribution in [0.4, 0.5) is 0 Å². The molecule has 0 aliphatic heterocycles. The second-order valence-corrected chi connectivity index (χ2v) is 7.23. The first-order valence-electron chi connectivity index (χ1n) is 8.24. The Morgan fingerprint density at radius 1 is 1.24 bits per heavy atom. The fourth-order valence-corrected chi connectivity index (χ4v) is 3.15. The molecule has 2 N–H and O–H groups in total. The molecule has 2 amide bonds. The fraction of sp³-hybridized carbons (Fsp3) is 0.389. The Morgan fingerprint density at radius 3 is 2.64 bits per heavy atom. The summed E-state index contributed by atoms with van der Waals surface area (Å²) >= 11 is 1.29. The van der Waals surface area contributed by atoms with Gasteiger partial charge in [-0.15, -0.1) is 11.3 Å². The quantitative estimate of drug-likeness (QED) is 0.795. The van der Waals surface area contributed by atoms with Crippen LogP contribution in [-0.4, -0.2) is 29.4 Å². The number of aromatic nitrogens is 1. The molecule has 0 spiro atoms. The maximum atomic E-state index is 12.2. The van der Waals surface area contributed by atoms with Crippen molar-refractivity contribution in [2.45, 2.75) is 39.3 Å². The van der Waals surface area contributed by atoms with Gasteiger partial charge >= 0.3 is 0 Å². The van der Waals surface area contributed by atoms with Gasteiger partial charge in [0.25, 0.3) is 5.91 Å². The maximum absolute atomic E-state index is 12.2. The first kappa shape index (κ1) is 17.4. The lowest BCUT2D eigenvalue weighted by atomic mass is 10.2. The van der Waals surface area contributed by atoms with Crippen LogP contribution < -0.4 is 15.4 Å². The normalized spacial score (nSPS) is 13.4. The molecule has 1 saturated carbocycles. The van der Waals surface area contributed by atoms with Crippen molar-refractivity contribution in [3.05, 3.63) is 45.4 Å². The number of carbonyl (C=O) groups excluding carboxylic acids is 2. The van der Waals surface area contributed by atoms with Gasteiger partial charge in [0.1, 0.15) is 22.2 Å². The van der Waals surface area contributed by atoms with E-state index in [1.54, 1.807) is 6.92 Å². The lowest BCUT2D eigenvalue weighted by Crippen LogP contribution is -2.37. The average Bonchev–Trinajstić information content (AvgIpc) is 3.32. The van der Waals surface area contributed by atoms with Crippen LogP contribution in [0.3, 0.4) is 0 Å². The van der Waals surface area contributed by atoms with E-state index in [4.69, 9.17) is 4.74 Å². The fourth-order valence-electron chi connectivity index (χ4n) is 2.25. The monoisotopic (exact) mass is 359 g/mol. The molecule has 1 aliphatic carbocycles. The van der Waals surface area contributed by atoms with Crippen molar-refractivity contribution >= 4 is 23.2 Å². The van der Waals surface area contributed by atoms with Crippen molar-refractivity contribution in [2.24, 2.45) is 0 Å². The van der Waals surface area contributed by atoms with E-state index < -0.39 is 0 Å². The van der Waals surface area contributed by atoms with Gasteiger partial charge in [0.05, 0.1) is 12.2 Å². The molecule has 25 heavy (non-hydrogen) atoms. The molecule has 0 bridgehead atoms. The summed E-state index contributed by atoms with van der Waals surface area (Å²) in [5.41, 5.74) is 1.81. The minimum absolute atomic E-state index is 0.0120. The second kappa shape index (κ2) is 7.65. The van der Waals surface area contributed by atoms with Gasteiger partial charge in [-0.2, -0.15) is 0 Å². The number of benzene rings is 1. The van der Waals surface area contributed by atoms with Crippen LogP contribution in [0.2, 0.25) is 0 Å². The highest BCUT2D eigenvalue weighted by atomic mass is 32.1. The van der Waals surface area contributed by atoms with Crippen molar-refractivity contribution < 1.29 is 14.3 Å². The predicted octanol–water partition coefficient (Wildman–Crippen LogP) is 2.35. The zero-order chi connectivity index (χ0) is 17.8. The van der Waals surface area contributed by atoms with Crippen LogP contribution in [0.1, 0.15) is 38.8 Å². The van der Waals surface area contributed by atoms with E-state index in [2.05, 4.69) is 15.6 Å². The highest BCUT2D eigenvalue weighted by Crippen LogP contribution is 2.21. The molecule has 0 atom stereocenters. The highest BCUT2D eigenvalue weighted by Gasteiger charge is 2.23. The summed E-state index contributed by atoms with van der Waals surface area (Å²) in [5.74, 6) is 0.338. The summed E-state index contributed by atoms with van der Waals surface area (Å²) in [5, 5.41) is 6.21. The first-order valence-corrected chi connectivity index (χ1v) is 9.06. The van der Waals surface area contributed by atoms with E-state index in [-0.39, 0.29) is 18.4 Å². The Balaban J connectivity index is 1.52. The molecule has 0 saturated heterocycles. The molecular weight excluding hydrogens is 338 g/mol. The van der Waals surface area contributed by atoms with Crippen LogP contribution in [0.25, 0.3) is 0 Å². The van der Waals surface area contributed by atoms with Crippen molar-refractivity contribution in [3.63, 3.8) is 0 Å². The number of nitrogens with one attached hydrogen (secondary N) is 2. The molecular formula is C18H21N3O3S. The summed E-state index contributed by atoms with van der Waals surface area (Å²) in [6, 6.07) is 8.06. The Hall–Kier alpha value is -2.41. The van der Waals surface area contributed by atoms with Crippen LogP contribution in [0.15, 0.2) is 24.3 Å². The lowest BCUT2D eigenvalue weighted by Gasteiger charge is -2.05. The summed E-state index contributed by atoms with van der Waals surface area (Å²) in [4.78, 5) is 28.8. The number of aryl methyl sites for hydroxylation is 2. The van der Waals surface area contributed by atoms with Crippen molar-refractivity contribution in [3.8, 4) is 5.75 Å². The van der Waals surface area contributed by atoms with E-state index in [1.165, 1.54) is 16.9 Å². The van der Waals surface area contributed by atoms with Gasteiger partial charge in [-0.05, 0) is 38.8 Å². The Labute approximate surface area is 150 Å². The predicted molar refractivity (Wildman–Crippen MR) is 95.9 cm³/mol. The number of hydrogen-bond acceptors (Lipinski definition) is 5. The van der Waals surface area contributed by atoms with E-state index in [1.807, 2.05) is 31.2 Å². The molecule has 6 nitrogen and oxygen atoms in total. The number of ether oxygens (including phenoxy) is 1.